The first-order valence-corrected chi connectivity index (χ1v) is 4.65. The standard InChI is InChI=1S/C11H11ClN/c1-3-8-9-6-4-5-7-10(9)13(2)11(8)12/h3-7H,1-2H3. The summed E-state index contributed by atoms with van der Waals surface area (Å²) in [6.07, 6.45) is 2.05. The molecule has 0 spiro atoms. The molecule has 13 heavy (non-hydrogen) atoms. The zero-order chi connectivity index (χ0) is 9.42. The molecule has 0 unspecified atom stereocenters. The number of hydrogen-bond donors (Lipinski definition) is 0. The molecule has 1 radical (unpaired) electrons. The van der Waals surface area contributed by atoms with Gasteiger partial charge in [-0.1, -0.05) is 36.7 Å². The predicted octanol–water partition coefficient (Wildman–Crippen LogP) is 3.40. The van der Waals surface area contributed by atoms with Gasteiger partial charge in [0.05, 0.1) is 0 Å². The smallest absolute Gasteiger partial charge is 0.113 e. The van der Waals surface area contributed by atoms with Crippen LogP contribution in [0.5, 0.6) is 0 Å². The molecular formula is C11H11ClN. The summed E-state index contributed by atoms with van der Waals surface area (Å²) in [4.78, 5) is 0. The Bertz CT molecular complexity index is 443. The molecule has 0 atom stereocenters. The van der Waals surface area contributed by atoms with Gasteiger partial charge in [0.25, 0.3) is 0 Å². The van der Waals surface area contributed by atoms with Gasteiger partial charge in [-0.3, -0.25) is 0 Å². The van der Waals surface area contributed by atoms with Gasteiger partial charge >= 0.3 is 0 Å². The highest BCUT2D eigenvalue weighted by atomic mass is 35.5. The molecule has 0 aliphatic carbocycles. The van der Waals surface area contributed by atoms with Gasteiger partial charge in [0.1, 0.15) is 5.15 Å². The van der Waals surface area contributed by atoms with Crippen LogP contribution in [0.15, 0.2) is 24.3 Å². The van der Waals surface area contributed by atoms with Gasteiger partial charge in [-0.2, -0.15) is 0 Å². The van der Waals surface area contributed by atoms with Crippen molar-refractivity contribution >= 4 is 22.5 Å². The Morgan fingerprint density at radius 3 is 2.69 bits per heavy atom. The van der Waals surface area contributed by atoms with E-state index in [4.69, 9.17) is 11.6 Å². The van der Waals surface area contributed by atoms with Crippen LogP contribution in [0.3, 0.4) is 0 Å². The number of aromatic nitrogens is 1. The van der Waals surface area contributed by atoms with Crippen LogP contribution >= 0.6 is 11.6 Å². The fraction of sp³-hybridized carbons (Fsp3) is 0.182. The Balaban J connectivity index is 2.90. The SMILES string of the molecule is C[CH]c1c(Cl)n(C)c2ccccc12. The fourth-order valence-electron chi connectivity index (χ4n) is 1.67. The van der Waals surface area contributed by atoms with Crippen molar-refractivity contribution in [3.63, 3.8) is 0 Å². The number of fused-ring (bicyclic) bond motifs is 1. The van der Waals surface area contributed by atoms with Crippen molar-refractivity contribution < 1.29 is 0 Å². The minimum atomic E-state index is 0.809. The van der Waals surface area contributed by atoms with Gasteiger partial charge in [0, 0.05) is 23.5 Å². The third-order valence-electron chi connectivity index (χ3n) is 2.36. The molecule has 0 amide bonds. The second kappa shape index (κ2) is 3.08. The van der Waals surface area contributed by atoms with Gasteiger partial charge in [-0.05, 0) is 12.5 Å². The summed E-state index contributed by atoms with van der Waals surface area (Å²) in [5.41, 5.74) is 2.31. The molecule has 0 aliphatic rings. The van der Waals surface area contributed by atoms with Crippen LogP contribution in [-0.2, 0) is 7.05 Å². The van der Waals surface area contributed by atoms with Crippen LogP contribution < -0.4 is 0 Å². The minimum Gasteiger partial charge on any atom is -0.335 e. The zero-order valence-corrected chi connectivity index (χ0v) is 8.47. The highest BCUT2D eigenvalue weighted by molar-refractivity contribution is 6.32. The molecule has 0 fully saturated rings. The molecule has 0 saturated carbocycles. The van der Waals surface area contributed by atoms with Crippen molar-refractivity contribution in [2.24, 2.45) is 7.05 Å². The van der Waals surface area contributed by atoms with E-state index in [-0.39, 0.29) is 0 Å². The highest BCUT2D eigenvalue weighted by Crippen LogP contribution is 2.29. The van der Waals surface area contributed by atoms with Crippen molar-refractivity contribution in [1.29, 1.82) is 0 Å². The Kier molecular flexibility index (Phi) is 2.04. The lowest BCUT2D eigenvalue weighted by molar-refractivity contribution is 0.965. The molecule has 0 bridgehead atoms. The van der Waals surface area contributed by atoms with Crippen LogP contribution in [0.1, 0.15) is 12.5 Å². The van der Waals surface area contributed by atoms with Crippen molar-refractivity contribution in [1.82, 2.24) is 4.57 Å². The normalized spacial score (nSPS) is 11.0. The van der Waals surface area contributed by atoms with E-state index in [2.05, 4.69) is 12.1 Å². The second-order valence-electron chi connectivity index (χ2n) is 3.07. The van der Waals surface area contributed by atoms with Crippen molar-refractivity contribution in [2.45, 2.75) is 6.92 Å². The number of rotatable bonds is 1. The first-order chi connectivity index (χ1) is 6.25. The van der Waals surface area contributed by atoms with E-state index >= 15 is 0 Å². The maximum absolute atomic E-state index is 6.17. The lowest BCUT2D eigenvalue weighted by atomic mass is 10.1. The molecule has 2 rings (SSSR count). The van der Waals surface area contributed by atoms with E-state index in [1.54, 1.807) is 0 Å². The molecule has 1 aromatic carbocycles. The van der Waals surface area contributed by atoms with Crippen molar-refractivity contribution in [3.05, 3.63) is 41.4 Å². The van der Waals surface area contributed by atoms with Crippen molar-refractivity contribution in [3.8, 4) is 0 Å². The van der Waals surface area contributed by atoms with Gasteiger partial charge in [-0.15, -0.1) is 0 Å². The number of halogens is 1. The van der Waals surface area contributed by atoms with Crippen LogP contribution in [0.2, 0.25) is 5.15 Å². The van der Waals surface area contributed by atoms with Crippen molar-refractivity contribution in [2.75, 3.05) is 0 Å². The number of benzene rings is 1. The predicted molar refractivity (Wildman–Crippen MR) is 57.0 cm³/mol. The Hall–Kier alpha value is -0.950. The third-order valence-corrected chi connectivity index (χ3v) is 2.82. The molecule has 67 valence electrons. The largest absolute Gasteiger partial charge is 0.335 e. The third kappa shape index (κ3) is 1.15. The topological polar surface area (TPSA) is 4.93 Å². The zero-order valence-electron chi connectivity index (χ0n) is 7.71. The average Bonchev–Trinajstić information content (AvgIpc) is 2.41. The molecule has 2 aromatic rings. The van der Waals surface area contributed by atoms with Crippen LogP contribution in [0, 0.1) is 6.42 Å². The van der Waals surface area contributed by atoms with E-state index < -0.39 is 0 Å². The maximum Gasteiger partial charge on any atom is 0.113 e. The van der Waals surface area contributed by atoms with Crippen LogP contribution in [-0.4, -0.2) is 4.57 Å². The van der Waals surface area contributed by atoms with Crippen LogP contribution in [0.4, 0.5) is 0 Å². The molecule has 0 N–H and O–H groups in total. The summed E-state index contributed by atoms with van der Waals surface area (Å²) in [7, 11) is 1.98. The molecule has 0 saturated heterocycles. The van der Waals surface area contributed by atoms with Gasteiger partial charge < -0.3 is 4.57 Å². The molecule has 1 heterocycles. The quantitative estimate of drug-likeness (QED) is 0.653. The summed E-state index contributed by atoms with van der Waals surface area (Å²) in [5, 5.41) is 2.03. The summed E-state index contributed by atoms with van der Waals surface area (Å²) in [6, 6.07) is 8.23. The average molecular weight is 193 g/mol. The molecular weight excluding hydrogens is 182 g/mol. The molecule has 1 aromatic heterocycles. The monoisotopic (exact) mass is 192 g/mol. The Morgan fingerprint density at radius 2 is 2.00 bits per heavy atom. The first-order valence-electron chi connectivity index (χ1n) is 4.28. The summed E-state index contributed by atoms with van der Waals surface area (Å²) < 4.78 is 2.01. The van der Waals surface area contributed by atoms with Crippen LogP contribution in [0.25, 0.3) is 10.9 Å². The Labute approximate surface area is 82.9 Å². The molecule has 2 heteroatoms. The number of nitrogens with zero attached hydrogens (tertiary/aromatic N) is 1. The lowest BCUT2D eigenvalue weighted by Crippen LogP contribution is -1.85. The Morgan fingerprint density at radius 1 is 1.31 bits per heavy atom. The van der Waals surface area contributed by atoms with E-state index in [9.17, 15) is 0 Å². The number of aryl methyl sites for hydroxylation is 1. The van der Waals surface area contributed by atoms with Gasteiger partial charge in [-0.25, -0.2) is 0 Å². The highest BCUT2D eigenvalue weighted by Gasteiger charge is 2.10. The second-order valence-corrected chi connectivity index (χ2v) is 3.43. The maximum atomic E-state index is 6.17. The van der Waals surface area contributed by atoms with Gasteiger partial charge in [0.15, 0.2) is 0 Å². The summed E-state index contributed by atoms with van der Waals surface area (Å²) >= 11 is 6.17. The van der Waals surface area contributed by atoms with E-state index in [0.717, 1.165) is 10.7 Å². The van der Waals surface area contributed by atoms with Gasteiger partial charge in [0.2, 0.25) is 0 Å². The fourth-order valence-corrected chi connectivity index (χ4v) is 1.97. The number of para-hydroxylation sites is 1. The van der Waals surface area contributed by atoms with E-state index in [1.807, 2.05) is 37.1 Å². The van der Waals surface area contributed by atoms with E-state index in [1.165, 1.54) is 10.9 Å². The minimum absolute atomic E-state index is 0.809. The number of hydrogen-bond acceptors (Lipinski definition) is 0. The summed E-state index contributed by atoms with van der Waals surface area (Å²) in [5.74, 6) is 0. The summed E-state index contributed by atoms with van der Waals surface area (Å²) in [6.45, 7) is 2.01. The first kappa shape index (κ1) is 8.64. The lowest BCUT2D eigenvalue weighted by Gasteiger charge is -1.95. The van der Waals surface area contributed by atoms with E-state index in [0.29, 0.717) is 0 Å². The molecule has 1 nitrogen and oxygen atoms in total. The molecule has 0 aliphatic heterocycles.